The summed E-state index contributed by atoms with van der Waals surface area (Å²) in [5.74, 6) is 1.50. The van der Waals surface area contributed by atoms with E-state index in [2.05, 4.69) is 72.6 Å². The van der Waals surface area contributed by atoms with Crippen LogP contribution in [0.3, 0.4) is 0 Å². The monoisotopic (exact) mass is 528 g/mol. The van der Waals surface area contributed by atoms with Gasteiger partial charge in [0.1, 0.15) is 5.82 Å². The maximum Gasteiger partial charge on any atom is 0.106 e. The van der Waals surface area contributed by atoms with Crippen molar-refractivity contribution in [1.82, 2.24) is 5.32 Å². The predicted molar refractivity (Wildman–Crippen MR) is 166 cm³/mol. The van der Waals surface area contributed by atoms with Crippen molar-refractivity contribution in [2.75, 3.05) is 11.4 Å². The molecule has 0 radical (unpaired) electrons. The highest BCUT2D eigenvalue weighted by Crippen LogP contribution is 2.63. The van der Waals surface area contributed by atoms with Crippen LogP contribution in [0.15, 0.2) is 59.9 Å². The highest BCUT2D eigenvalue weighted by atomic mass is 31.1. The third-order valence-corrected chi connectivity index (χ3v) is 14.2. The third kappa shape index (κ3) is 5.32. The highest BCUT2D eigenvalue weighted by Gasteiger charge is 2.42. The second-order valence-electron chi connectivity index (χ2n) is 12.6. The van der Waals surface area contributed by atoms with Crippen molar-refractivity contribution in [2.45, 2.75) is 127 Å². The van der Waals surface area contributed by atoms with E-state index < -0.39 is 0 Å². The van der Waals surface area contributed by atoms with Gasteiger partial charge in [0.25, 0.3) is 0 Å². The van der Waals surface area contributed by atoms with Crippen LogP contribution in [0.2, 0.25) is 0 Å². The van der Waals surface area contributed by atoms with Crippen LogP contribution in [0, 0.1) is 13.8 Å². The summed E-state index contributed by atoms with van der Waals surface area (Å²) in [4.78, 5) is 2.75. The molecule has 1 N–H and O–H groups in total. The molecule has 0 bridgehead atoms. The average Bonchev–Trinajstić information content (AvgIpc) is 3.40. The number of allylic oxidation sites excluding steroid dienone is 1. The lowest BCUT2D eigenvalue weighted by Crippen LogP contribution is -2.33. The summed E-state index contributed by atoms with van der Waals surface area (Å²) in [6, 6.07) is 18.6. The first-order valence-corrected chi connectivity index (χ1v) is 17.4. The van der Waals surface area contributed by atoms with Gasteiger partial charge < -0.3 is 10.2 Å². The fourth-order valence-electron chi connectivity index (χ4n) is 8.29. The molecule has 0 aromatic heterocycles. The lowest BCUT2D eigenvalue weighted by Gasteiger charge is -2.46. The Balaban J connectivity index is 1.45. The number of rotatable bonds is 5. The van der Waals surface area contributed by atoms with Crippen LogP contribution in [0.1, 0.15) is 113 Å². The number of hydrogen-bond acceptors (Lipinski definition) is 2. The molecule has 204 valence electrons. The number of aryl methyl sites for hydroxylation is 2. The van der Waals surface area contributed by atoms with Gasteiger partial charge in [-0.3, -0.25) is 0 Å². The van der Waals surface area contributed by atoms with Crippen molar-refractivity contribution < 1.29 is 0 Å². The second-order valence-corrected chi connectivity index (χ2v) is 15.6. The molecule has 3 heteroatoms. The molecule has 3 aliphatic carbocycles. The van der Waals surface area contributed by atoms with Crippen molar-refractivity contribution in [3.05, 3.63) is 76.6 Å². The van der Waals surface area contributed by atoms with Crippen LogP contribution in [0.5, 0.6) is 0 Å². The van der Waals surface area contributed by atoms with Gasteiger partial charge in [-0.15, -0.1) is 0 Å². The van der Waals surface area contributed by atoms with E-state index in [9.17, 15) is 0 Å². The van der Waals surface area contributed by atoms with Gasteiger partial charge in [-0.25, -0.2) is 0 Å². The number of benzene rings is 2. The van der Waals surface area contributed by atoms with Crippen LogP contribution in [-0.4, -0.2) is 23.5 Å². The maximum absolute atomic E-state index is 4.08. The molecule has 2 nitrogen and oxygen atoms in total. The Morgan fingerprint density at radius 1 is 0.684 bits per heavy atom. The number of nitrogens with one attached hydrogen (secondary N) is 1. The van der Waals surface area contributed by atoms with Gasteiger partial charge in [0, 0.05) is 17.9 Å². The van der Waals surface area contributed by atoms with E-state index in [0.29, 0.717) is 6.04 Å². The molecule has 1 aliphatic heterocycles. The maximum atomic E-state index is 4.08. The first kappa shape index (κ1) is 26.4. The molecule has 3 saturated carbocycles. The number of anilines is 1. The summed E-state index contributed by atoms with van der Waals surface area (Å²) in [5, 5.41) is 4.08. The molecule has 2 aromatic carbocycles. The quantitative estimate of drug-likeness (QED) is 0.389. The zero-order valence-corrected chi connectivity index (χ0v) is 24.8. The second kappa shape index (κ2) is 12.2. The fraction of sp³-hybridized carbons (Fsp3) is 0.600. The summed E-state index contributed by atoms with van der Waals surface area (Å²) >= 11 is 0. The fourth-order valence-corrected chi connectivity index (χ4v) is 12.9. The van der Waals surface area contributed by atoms with Gasteiger partial charge in [-0.1, -0.05) is 95.3 Å². The molecular formula is C35H49N2P. The minimum Gasteiger partial charge on any atom is -0.369 e. The molecule has 4 fully saturated rings. The number of hydrogen-bond donors (Lipinski definition) is 1. The number of nitrogens with zero attached hydrogens (tertiary/aromatic N) is 1. The molecule has 2 unspecified atom stereocenters. The third-order valence-electron chi connectivity index (χ3n) is 10.2. The van der Waals surface area contributed by atoms with Crippen LogP contribution < -0.4 is 10.2 Å². The molecule has 2 aromatic rings. The Hall–Kier alpha value is -1.79. The van der Waals surface area contributed by atoms with E-state index in [-0.39, 0.29) is 7.92 Å². The zero-order valence-electron chi connectivity index (χ0n) is 23.9. The van der Waals surface area contributed by atoms with Gasteiger partial charge in [-0.05, 0) is 98.4 Å². The first-order valence-electron chi connectivity index (χ1n) is 15.9. The molecule has 1 heterocycles. The van der Waals surface area contributed by atoms with Crippen LogP contribution in [0.25, 0.3) is 0 Å². The standard InChI is InChI=1S/C35H49N2P/c1-26-15-9-11-21-30(26)33-25-36-35(37(33)32-23-13-10-16-27(32)2)31-22-12-14-24-34(31)38(28-17-5-3-6-18-28)29-19-7-4-8-20-29/h9-11,13,15-16,21,23,28-29,33-34,36H,3-8,12,14,17-20,22,24-25H2,1-2H3. The van der Waals surface area contributed by atoms with Gasteiger partial charge >= 0.3 is 0 Å². The first-order chi connectivity index (χ1) is 18.7. The minimum absolute atomic E-state index is 0.0345. The normalized spacial score (nSPS) is 27.6. The molecule has 0 amide bonds. The van der Waals surface area contributed by atoms with Crippen LogP contribution in [0.4, 0.5) is 5.69 Å². The van der Waals surface area contributed by atoms with Gasteiger partial charge in [-0.2, -0.15) is 0 Å². The van der Waals surface area contributed by atoms with Gasteiger partial charge in [0.15, 0.2) is 0 Å². The van der Waals surface area contributed by atoms with Gasteiger partial charge in [0.2, 0.25) is 0 Å². The van der Waals surface area contributed by atoms with Crippen molar-refractivity contribution in [3.63, 3.8) is 0 Å². The summed E-state index contributed by atoms with van der Waals surface area (Å²) in [6.45, 7) is 5.61. The van der Waals surface area contributed by atoms with Gasteiger partial charge in [0.05, 0.1) is 6.04 Å². The Labute approximate surface area is 233 Å². The molecule has 1 saturated heterocycles. The Bertz CT molecular complexity index is 1090. The van der Waals surface area contributed by atoms with E-state index in [1.54, 1.807) is 0 Å². The van der Waals surface area contributed by atoms with E-state index >= 15 is 0 Å². The molecule has 6 rings (SSSR count). The van der Waals surface area contributed by atoms with Crippen molar-refractivity contribution in [2.24, 2.45) is 0 Å². The number of para-hydroxylation sites is 1. The van der Waals surface area contributed by atoms with E-state index in [1.807, 2.05) is 5.57 Å². The van der Waals surface area contributed by atoms with Crippen LogP contribution in [-0.2, 0) is 0 Å². The summed E-state index contributed by atoms with van der Waals surface area (Å²) in [7, 11) is 0.0345. The molecule has 0 spiro atoms. The highest BCUT2D eigenvalue weighted by molar-refractivity contribution is 7.60. The topological polar surface area (TPSA) is 15.3 Å². The van der Waals surface area contributed by atoms with E-state index in [4.69, 9.17) is 0 Å². The SMILES string of the molecule is Cc1ccccc1C1CNC(=C2CCCCC2P(C2CCCCC2)C2CCCCC2)N1c1ccccc1C. The van der Waals surface area contributed by atoms with Crippen molar-refractivity contribution >= 4 is 13.6 Å². The largest absolute Gasteiger partial charge is 0.369 e. The van der Waals surface area contributed by atoms with E-state index in [0.717, 1.165) is 23.5 Å². The lowest BCUT2D eigenvalue weighted by atomic mass is 9.93. The van der Waals surface area contributed by atoms with Crippen molar-refractivity contribution in [1.29, 1.82) is 0 Å². The minimum atomic E-state index is 0.0345. The Morgan fingerprint density at radius 3 is 1.95 bits per heavy atom. The predicted octanol–water partition coefficient (Wildman–Crippen LogP) is 9.76. The Morgan fingerprint density at radius 2 is 1.29 bits per heavy atom. The smallest absolute Gasteiger partial charge is 0.106 e. The lowest BCUT2D eigenvalue weighted by molar-refractivity contribution is 0.476. The van der Waals surface area contributed by atoms with E-state index in [1.165, 1.54) is 118 Å². The van der Waals surface area contributed by atoms with Crippen molar-refractivity contribution in [3.8, 4) is 0 Å². The summed E-state index contributed by atoms with van der Waals surface area (Å²) in [5.41, 5.74) is 10.4. The summed E-state index contributed by atoms with van der Waals surface area (Å²) in [6.07, 6.45) is 20.5. The Kier molecular flexibility index (Phi) is 8.46. The van der Waals surface area contributed by atoms with Crippen LogP contribution >= 0.6 is 7.92 Å². The molecular weight excluding hydrogens is 479 g/mol. The zero-order chi connectivity index (χ0) is 25.9. The molecule has 2 atom stereocenters. The average molecular weight is 529 g/mol. The molecule has 38 heavy (non-hydrogen) atoms. The summed E-state index contributed by atoms with van der Waals surface area (Å²) < 4.78 is 0. The molecule has 4 aliphatic rings.